The van der Waals surface area contributed by atoms with E-state index in [-0.39, 0.29) is 35.6 Å². The molecule has 0 unspecified atom stereocenters. The Morgan fingerprint density at radius 3 is 2.22 bits per heavy atom. The molecule has 7 nitrogen and oxygen atoms in total. The zero-order valence-electron chi connectivity index (χ0n) is 26.6. The molecular formula is C41H32BrNO6. The zero-order valence-corrected chi connectivity index (χ0v) is 28.2. The van der Waals surface area contributed by atoms with Gasteiger partial charge in [0, 0.05) is 33.5 Å². The number of anilines is 1. The van der Waals surface area contributed by atoms with Crippen molar-refractivity contribution in [1.82, 2.24) is 0 Å². The van der Waals surface area contributed by atoms with Gasteiger partial charge in [-0.2, -0.15) is 0 Å². The summed E-state index contributed by atoms with van der Waals surface area (Å²) in [4.78, 5) is 59.9. The fourth-order valence-electron chi connectivity index (χ4n) is 9.00. The minimum absolute atomic E-state index is 0.00466. The Balaban J connectivity index is 1.37. The number of Topliss-reactive ketones (excluding diaryl/α,β-unsaturated/α-hetero) is 1. The zero-order chi connectivity index (χ0) is 34.0. The van der Waals surface area contributed by atoms with Crippen LogP contribution in [0.5, 0.6) is 11.5 Å². The van der Waals surface area contributed by atoms with Gasteiger partial charge < -0.3 is 9.84 Å². The average Bonchev–Trinajstić information content (AvgIpc) is 3.39. The molecule has 49 heavy (non-hydrogen) atoms. The summed E-state index contributed by atoms with van der Waals surface area (Å²) in [6.07, 6.45) is 4.04. The molecule has 1 heterocycles. The molecular weight excluding hydrogens is 682 g/mol. The number of phenols is 1. The molecule has 0 radical (unpaired) electrons. The molecule has 2 fully saturated rings. The van der Waals surface area contributed by atoms with Crippen molar-refractivity contribution in [2.24, 2.45) is 23.7 Å². The van der Waals surface area contributed by atoms with E-state index < -0.39 is 35.0 Å². The van der Waals surface area contributed by atoms with Gasteiger partial charge in [-0.15, -0.1) is 0 Å². The highest BCUT2D eigenvalue weighted by molar-refractivity contribution is 9.10. The van der Waals surface area contributed by atoms with Crippen molar-refractivity contribution < 1.29 is 29.0 Å². The standard InChI is InChI=1S/C41H32BrNO6/c1-49-34-20-27(44)16-17-29(34)37-28-18-19-30-36(40(48)43(39(30)47)26-14-12-25(42)13-15-26)32(28)21-33-38(46)31(23-8-4-2-5-9-23)22-35(45)41(33,37)24-10-6-3-7-11-24/h2-18,20,22,30,32-33,36-37,44H,19,21H2,1H3/t30-,32+,33-,36-,37+,41-/m0/s1. The van der Waals surface area contributed by atoms with E-state index in [1.165, 1.54) is 24.2 Å². The van der Waals surface area contributed by atoms with Gasteiger partial charge in [0.05, 0.1) is 30.0 Å². The average molecular weight is 715 g/mol. The molecule has 0 spiro atoms. The molecule has 0 aromatic heterocycles. The minimum atomic E-state index is -1.38. The van der Waals surface area contributed by atoms with E-state index in [4.69, 9.17) is 4.74 Å². The van der Waals surface area contributed by atoms with Gasteiger partial charge in [0.25, 0.3) is 0 Å². The summed E-state index contributed by atoms with van der Waals surface area (Å²) in [6, 6.07) is 30.5. The number of hydrogen-bond acceptors (Lipinski definition) is 6. The predicted molar refractivity (Wildman–Crippen MR) is 188 cm³/mol. The Hall–Kier alpha value is -5.08. The molecule has 1 saturated carbocycles. The molecule has 1 aliphatic heterocycles. The van der Waals surface area contributed by atoms with Crippen LogP contribution in [-0.2, 0) is 24.6 Å². The van der Waals surface area contributed by atoms with Crippen LogP contribution in [0.2, 0.25) is 0 Å². The maximum atomic E-state index is 15.1. The van der Waals surface area contributed by atoms with Crippen LogP contribution < -0.4 is 9.64 Å². The number of carbonyl (C=O) groups excluding carboxylic acids is 4. The molecule has 4 aliphatic rings. The summed E-state index contributed by atoms with van der Waals surface area (Å²) < 4.78 is 6.68. The van der Waals surface area contributed by atoms with Gasteiger partial charge in [-0.05, 0) is 66.3 Å². The number of amides is 2. The molecule has 244 valence electrons. The molecule has 1 N–H and O–H groups in total. The van der Waals surface area contributed by atoms with E-state index >= 15 is 9.59 Å². The summed E-state index contributed by atoms with van der Waals surface area (Å²) in [5.74, 6) is -4.02. The lowest BCUT2D eigenvalue weighted by Gasteiger charge is -2.55. The topological polar surface area (TPSA) is 101 Å². The lowest BCUT2D eigenvalue weighted by atomic mass is 9.44. The molecule has 0 bridgehead atoms. The number of allylic oxidation sites excluding steroid dienone is 4. The minimum Gasteiger partial charge on any atom is -0.508 e. The molecule has 4 aromatic carbocycles. The molecule has 3 aliphatic carbocycles. The molecule has 8 heteroatoms. The number of ether oxygens (including phenoxy) is 1. The highest BCUT2D eigenvalue weighted by atomic mass is 79.9. The number of phenolic OH excluding ortho intramolecular Hbond substituents is 1. The van der Waals surface area contributed by atoms with Gasteiger partial charge in [0.15, 0.2) is 11.6 Å². The number of hydrogen-bond donors (Lipinski definition) is 1. The maximum absolute atomic E-state index is 15.1. The van der Waals surface area contributed by atoms with Crippen LogP contribution in [0.25, 0.3) is 5.57 Å². The Kier molecular flexibility index (Phi) is 7.52. The van der Waals surface area contributed by atoms with Crippen LogP contribution in [0.3, 0.4) is 0 Å². The fraction of sp³-hybridized carbons (Fsp3) is 0.220. The second-order valence-corrected chi connectivity index (χ2v) is 14.1. The van der Waals surface area contributed by atoms with Gasteiger partial charge in [0.1, 0.15) is 11.5 Å². The summed E-state index contributed by atoms with van der Waals surface area (Å²) in [5.41, 5.74) is 2.26. The van der Waals surface area contributed by atoms with Crippen LogP contribution in [0.15, 0.2) is 125 Å². The normalized spacial score (nSPS) is 27.6. The first-order valence-electron chi connectivity index (χ1n) is 16.4. The van der Waals surface area contributed by atoms with Crippen molar-refractivity contribution in [2.75, 3.05) is 12.0 Å². The first-order chi connectivity index (χ1) is 23.7. The monoisotopic (exact) mass is 713 g/mol. The Labute approximate surface area is 292 Å². The van der Waals surface area contributed by atoms with Gasteiger partial charge in [-0.3, -0.25) is 24.1 Å². The number of carbonyl (C=O) groups is 4. The Morgan fingerprint density at radius 2 is 1.53 bits per heavy atom. The van der Waals surface area contributed by atoms with E-state index in [2.05, 4.69) is 15.9 Å². The van der Waals surface area contributed by atoms with Gasteiger partial charge in [-0.1, -0.05) is 94.3 Å². The molecule has 2 amide bonds. The smallest absolute Gasteiger partial charge is 0.238 e. The maximum Gasteiger partial charge on any atom is 0.238 e. The van der Waals surface area contributed by atoms with Crippen LogP contribution in [0.4, 0.5) is 5.69 Å². The summed E-state index contributed by atoms with van der Waals surface area (Å²) in [7, 11) is 1.51. The number of nitrogens with zero attached hydrogens (tertiary/aromatic N) is 1. The molecule has 6 atom stereocenters. The van der Waals surface area contributed by atoms with Crippen LogP contribution in [0.1, 0.15) is 35.4 Å². The number of halogens is 1. The van der Waals surface area contributed by atoms with Gasteiger partial charge >= 0.3 is 0 Å². The summed E-state index contributed by atoms with van der Waals surface area (Å²) in [6.45, 7) is 0. The van der Waals surface area contributed by atoms with Crippen molar-refractivity contribution in [3.05, 3.63) is 142 Å². The van der Waals surface area contributed by atoms with Gasteiger partial charge in [0.2, 0.25) is 11.8 Å². The van der Waals surface area contributed by atoms with E-state index in [1.807, 2.05) is 66.7 Å². The molecule has 1 saturated heterocycles. The van der Waals surface area contributed by atoms with Crippen LogP contribution in [-0.4, -0.2) is 35.6 Å². The summed E-state index contributed by atoms with van der Waals surface area (Å²) in [5, 5.41) is 10.5. The van der Waals surface area contributed by atoms with Crippen LogP contribution >= 0.6 is 15.9 Å². The third-order valence-corrected chi connectivity index (χ3v) is 11.5. The highest BCUT2D eigenvalue weighted by Gasteiger charge is 2.66. The number of ketones is 2. The number of rotatable bonds is 5. The molecule has 4 aromatic rings. The number of fused-ring (bicyclic) bond motifs is 4. The number of aromatic hydroxyl groups is 1. The van der Waals surface area contributed by atoms with E-state index in [1.54, 1.807) is 36.4 Å². The van der Waals surface area contributed by atoms with E-state index in [0.29, 0.717) is 40.1 Å². The van der Waals surface area contributed by atoms with E-state index in [0.717, 1.165) is 10.0 Å². The summed E-state index contributed by atoms with van der Waals surface area (Å²) >= 11 is 3.44. The fourth-order valence-corrected chi connectivity index (χ4v) is 9.27. The van der Waals surface area contributed by atoms with Crippen molar-refractivity contribution in [3.63, 3.8) is 0 Å². The van der Waals surface area contributed by atoms with Crippen molar-refractivity contribution in [2.45, 2.75) is 24.2 Å². The van der Waals surface area contributed by atoms with E-state index in [9.17, 15) is 14.7 Å². The lowest BCUT2D eigenvalue weighted by molar-refractivity contribution is -0.135. The predicted octanol–water partition coefficient (Wildman–Crippen LogP) is 7.19. The van der Waals surface area contributed by atoms with Crippen molar-refractivity contribution in [3.8, 4) is 11.5 Å². The third-order valence-electron chi connectivity index (χ3n) is 11.0. The third kappa shape index (κ3) is 4.61. The first-order valence-corrected chi connectivity index (χ1v) is 17.2. The largest absolute Gasteiger partial charge is 0.508 e. The SMILES string of the molecule is COc1cc(O)ccc1[C@H]1C2=CC[C@@H]3C(=O)N(c4ccc(Br)cc4)C(=O)[C@@H]3[C@@H]2C[C@H]2C(=O)C(c3ccccc3)=CC(=O)[C@@]12c1ccccc1. The number of benzene rings is 4. The lowest BCUT2D eigenvalue weighted by Crippen LogP contribution is -2.58. The van der Waals surface area contributed by atoms with Crippen LogP contribution in [0, 0.1) is 23.7 Å². The molecule has 8 rings (SSSR count). The first kappa shape index (κ1) is 31.2. The quantitative estimate of drug-likeness (QED) is 0.174. The highest BCUT2D eigenvalue weighted by Crippen LogP contribution is 2.64. The van der Waals surface area contributed by atoms with Crippen molar-refractivity contribution in [1.29, 1.82) is 0 Å². The second-order valence-electron chi connectivity index (χ2n) is 13.2. The Bertz CT molecular complexity index is 2090. The number of methoxy groups -OCH3 is 1. The Morgan fingerprint density at radius 1 is 0.837 bits per heavy atom. The number of imide groups is 1. The second kappa shape index (κ2) is 11.8. The van der Waals surface area contributed by atoms with Gasteiger partial charge in [-0.25, -0.2) is 0 Å². The van der Waals surface area contributed by atoms with Crippen molar-refractivity contribution >= 4 is 50.6 Å².